The molecule has 2 amide bonds. The van der Waals surface area contributed by atoms with Crippen LogP contribution in [0, 0.1) is 24.7 Å². The molecule has 6 heterocycles. The Morgan fingerprint density at radius 1 is 1.02 bits per heavy atom. The first-order chi connectivity index (χ1) is 31.9. The second-order valence-electron chi connectivity index (χ2n) is 17.9. The Hall–Kier alpha value is -6.32. The number of hydrogen-bond donors (Lipinski definition) is 4. The quantitative estimate of drug-likeness (QED) is 0.0945. The van der Waals surface area contributed by atoms with Gasteiger partial charge in [-0.2, -0.15) is 4.98 Å². The van der Waals surface area contributed by atoms with Crippen LogP contribution in [-0.2, 0) is 19.1 Å². The first-order valence-electron chi connectivity index (χ1n) is 22.6. The number of piperidine rings is 1. The number of hydrogen-bond acceptors (Lipinski definition) is 14. The van der Waals surface area contributed by atoms with E-state index in [0.717, 1.165) is 60.5 Å². The number of benzene rings is 2. The van der Waals surface area contributed by atoms with Crippen LogP contribution in [0.1, 0.15) is 87.4 Å². The van der Waals surface area contributed by atoms with Crippen LogP contribution in [0.4, 0.5) is 11.6 Å². The molecule has 3 fully saturated rings. The number of aryl methyl sites for hydroxylation is 1. The van der Waals surface area contributed by atoms with Crippen molar-refractivity contribution in [2.24, 2.45) is 5.92 Å². The zero-order chi connectivity index (χ0) is 46.1. The van der Waals surface area contributed by atoms with Crippen LogP contribution in [0.25, 0.3) is 27.5 Å². The highest BCUT2D eigenvalue weighted by molar-refractivity contribution is 7.13. The van der Waals surface area contributed by atoms with Crippen molar-refractivity contribution in [2.45, 2.75) is 102 Å². The number of fused-ring (bicyclic) bond motifs is 1. The summed E-state index contributed by atoms with van der Waals surface area (Å²) in [7, 11) is 0. The average molecular weight is 914 g/mol. The van der Waals surface area contributed by atoms with Gasteiger partial charge in [0.2, 0.25) is 17.6 Å². The van der Waals surface area contributed by atoms with E-state index in [1.54, 1.807) is 46.3 Å². The monoisotopic (exact) mass is 913 g/mol. The molecule has 4 atom stereocenters. The molecule has 16 nitrogen and oxygen atoms in total. The highest BCUT2D eigenvalue weighted by Gasteiger charge is 2.44. The number of nitrogens with one attached hydrogen (secondary N) is 1. The predicted octanol–water partition coefficient (Wildman–Crippen LogP) is 6.27. The number of thiazole rings is 1. The second kappa shape index (κ2) is 19.3. The SMILES string of the molecule is Cc1ncsc1-c1ccc([C@H](C)NC(=O)[C@@H]2C[C@@H](O)CN2C(=O)[C@H](c2cc(N3CCC(O[C@H]4C[C@H](OCC#Cc5cn6cc(-c7ccccc7O)nc6nc5N)C4)CC3)no2)C(C)C)cc1. The van der Waals surface area contributed by atoms with Gasteiger partial charge in [-0.25, -0.2) is 9.97 Å². The fourth-order valence-corrected chi connectivity index (χ4v) is 9.90. The molecule has 1 aliphatic carbocycles. The molecule has 9 rings (SSSR count). The molecule has 1 saturated carbocycles. The number of aliphatic hydroxyl groups is 1. The van der Waals surface area contributed by atoms with Gasteiger partial charge in [-0.1, -0.05) is 67.2 Å². The fourth-order valence-electron chi connectivity index (χ4n) is 9.09. The van der Waals surface area contributed by atoms with Gasteiger partial charge in [0.05, 0.1) is 57.8 Å². The van der Waals surface area contributed by atoms with Crippen LogP contribution in [0.5, 0.6) is 5.75 Å². The Balaban J connectivity index is 0.727. The highest BCUT2D eigenvalue weighted by Crippen LogP contribution is 2.35. The van der Waals surface area contributed by atoms with Gasteiger partial charge in [0.15, 0.2) is 11.6 Å². The molecule has 6 aromatic rings. The van der Waals surface area contributed by atoms with E-state index in [1.165, 1.54) is 4.90 Å². The van der Waals surface area contributed by atoms with Gasteiger partial charge in [-0.05, 0) is 55.9 Å². The van der Waals surface area contributed by atoms with Gasteiger partial charge in [-0.15, -0.1) is 11.3 Å². The first kappa shape index (κ1) is 44.9. The molecule has 0 spiro atoms. The number of carbonyl (C=O) groups excluding carboxylic acids is 2. The fraction of sp³-hybridized carbons (Fsp3) is 0.429. The van der Waals surface area contributed by atoms with Crippen molar-refractivity contribution in [3.8, 4) is 39.3 Å². The molecule has 0 unspecified atom stereocenters. The Morgan fingerprint density at radius 2 is 1.79 bits per heavy atom. The molecule has 2 saturated heterocycles. The number of rotatable bonds is 13. The number of amides is 2. The highest BCUT2D eigenvalue weighted by atomic mass is 32.1. The molecule has 66 heavy (non-hydrogen) atoms. The zero-order valence-electron chi connectivity index (χ0n) is 37.5. The van der Waals surface area contributed by atoms with Gasteiger partial charge in [0.25, 0.3) is 0 Å². The van der Waals surface area contributed by atoms with Crippen molar-refractivity contribution in [3.05, 3.63) is 95.1 Å². The summed E-state index contributed by atoms with van der Waals surface area (Å²) in [6, 6.07) is 15.8. The summed E-state index contributed by atoms with van der Waals surface area (Å²) in [5.41, 5.74) is 12.8. The lowest BCUT2D eigenvalue weighted by Gasteiger charge is -2.39. The van der Waals surface area contributed by atoms with E-state index in [2.05, 4.69) is 42.2 Å². The number of ether oxygens (including phenoxy) is 2. The van der Waals surface area contributed by atoms with Gasteiger partial charge >= 0.3 is 0 Å². The van der Waals surface area contributed by atoms with E-state index in [0.29, 0.717) is 34.2 Å². The summed E-state index contributed by atoms with van der Waals surface area (Å²) in [6.07, 6.45) is 6.46. The smallest absolute Gasteiger partial charge is 0.243 e. The first-order valence-corrected chi connectivity index (χ1v) is 23.5. The molecule has 3 aliphatic rings. The van der Waals surface area contributed by atoms with Crippen LogP contribution in [0.2, 0.25) is 0 Å². The minimum Gasteiger partial charge on any atom is -0.507 e. The molecule has 17 heteroatoms. The van der Waals surface area contributed by atoms with E-state index in [4.69, 9.17) is 19.7 Å². The molecule has 5 N–H and O–H groups in total. The number of carbonyl (C=O) groups is 2. The number of nitrogen functional groups attached to an aromatic ring is 1. The molecule has 0 radical (unpaired) electrons. The molecular weight excluding hydrogens is 859 g/mol. The lowest BCUT2D eigenvalue weighted by molar-refractivity contribution is -0.141. The van der Waals surface area contributed by atoms with Gasteiger partial charge < -0.3 is 45.1 Å². The molecule has 2 aromatic carbocycles. The lowest BCUT2D eigenvalue weighted by Crippen LogP contribution is -2.48. The number of aromatic nitrogens is 5. The van der Waals surface area contributed by atoms with Crippen molar-refractivity contribution < 1.29 is 33.8 Å². The topological polar surface area (TPSA) is 207 Å². The number of aromatic hydroxyl groups is 1. The van der Waals surface area contributed by atoms with Crippen molar-refractivity contribution in [1.82, 2.24) is 34.7 Å². The number of nitrogens with two attached hydrogens (primary N) is 1. The van der Waals surface area contributed by atoms with E-state index < -0.39 is 18.1 Å². The Bertz CT molecular complexity index is 2740. The average Bonchev–Trinajstić information content (AvgIpc) is 4.12. The molecule has 4 aromatic heterocycles. The predicted molar refractivity (Wildman–Crippen MR) is 250 cm³/mol. The summed E-state index contributed by atoms with van der Waals surface area (Å²) in [6.45, 7) is 9.57. The van der Waals surface area contributed by atoms with Gasteiger partial charge in [0.1, 0.15) is 30.1 Å². The van der Waals surface area contributed by atoms with Crippen LogP contribution in [-0.4, -0.2) is 108 Å². The van der Waals surface area contributed by atoms with Crippen molar-refractivity contribution in [3.63, 3.8) is 0 Å². The Morgan fingerprint density at radius 3 is 2.52 bits per heavy atom. The molecule has 2 aliphatic heterocycles. The number of phenolic OH excluding ortho intramolecular Hbond substituents is 1. The summed E-state index contributed by atoms with van der Waals surface area (Å²) < 4.78 is 20.1. The Kier molecular flexibility index (Phi) is 13.1. The van der Waals surface area contributed by atoms with E-state index in [1.807, 2.05) is 69.6 Å². The lowest BCUT2D eigenvalue weighted by atomic mass is 9.91. The summed E-state index contributed by atoms with van der Waals surface area (Å²) in [4.78, 5) is 46.0. The third-order valence-corrected chi connectivity index (χ3v) is 13.8. The van der Waals surface area contributed by atoms with Crippen LogP contribution in [0.3, 0.4) is 0 Å². The van der Waals surface area contributed by atoms with E-state index in [9.17, 15) is 19.8 Å². The molecular formula is C49H55N9O7S. The number of nitrogens with zero attached hydrogens (tertiary/aromatic N) is 7. The van der Waals surface area contributed by atoms with Crippen LogP contribution in [0.15, 0.2) is 77.0 Å². The number of imidazole rings is 1. The number of phenols is 1. The standard InChI is InChI=1S/C49H55N9O7S/c1-28(2)44(48(62)58-25-34(59)20-40(58)47(61)52-29(3)31-11-13-32(14-12-31)45-30(4)51-27-66-45)42-23-43(55-65-42)56-17-15-35(16-18-56)64-37-21-36(22-37)63-19-7-8-33-24-57-26-39(53-49(57)54-46(33)50)38-9-5-6-10-41(38)60/h5-6,9-14,23-24,26-29,34-37,40,44,59-60H,15-22,25H2,1-4H3,(H,52,61)(H2,50,53,54)/t29-,34+,36-,37-,40-,44-/m0/s1. The van der Waals surface area contributed by atoms with Crippen LogP contribution >= 0.6 is 11.3 Å². The number of para-hydroxylation sites is 1. The maximum atomic E-state index is 14.3. The number of aliphatic hydroxyl groups excluding tert-OH is 1. The third kappa shape index (κ3) is 9.64. The van der Waals surface area contributed by atoms with Crippen molar-refractivity contribution in [2.75, 3.05) is 36.9 Å². The van der Waals surface area contributed by atoms with E-state index >= 15 is 0 Å². The third-order valence-electron chi connectivity index (χ3n) is 12.9. The minimum atomic E-state index is -0.816. The maximum Gasteiger partial charge on any atom is 0.243 e. The van der Waals surface area contributed by atoms with E-state index in [-0.39, 0.29) is 73.2 Å². The minimum absolute atomic E-state index is 0.0663. The Labute approximate surface area is 387 Å². The van der Waals surface area contributed by atoms with Crippen molar-refractivity contribution in [1.29, 1.82) is 0 Å². The number of likely N-dealkylation sites (tertiary alicyclic amines) is 1. The summed E-state index contributed by atoms with van der Waals surface area (Å²) in [5, 5.41) is 28.4. The number of β-amino-alcohol motifs (C(OH)–C–C–N with tert-alkyl or cyclic N) is 1. The van der Waals surface area contributed by atoms with Gasteiger partial charge in [-0.3, -0.25) is 14.0 Å². The van der Waals surface area contributed by atoms with Crippen LogP contribution < -0.4 is 16.0 Å². The summed E-state index contributed by atoms with van der Waals surface area (Å²) in [5.74, 6) is 6.66. The second-order valence-corrected chi connectivity index (χ2v) is 18.7. The molecule has 0 bridgehead atoms. The largest absolute Gasteiger partial charge is 0.507 e. The van der Waals surface area contributed by atoms with Crippen molar-refractivity contribution >= 4 is 40.6 Å². The van der Waals surface area contributed by atoms with Gasteiger partial charge in [0, 0.05) is 62.9 Å². The molecule has 344 valence electrons. The summed E-state index contributed by atoms with van der Waals surface area (Å²) >= 11 is 1.59. The number of anilines is 2. The maximum absolute atomic E-state index is 14.3. The normalized spacial score (nSPS) is 20.8. The zero-order valence-corrected chi connectivity index (χ0v) is 38.3.